The number of hydrogen-bond donors (Lipinski definition) is 1. The molecule has 4 aliphatic rings. The normalized spacial score (nSPS) is 29.7. The first-order chi connectivity index (χ1) is 19.9. The number of aliphatic hydroxyl groups excluding tert-OH is 1. The van der Waals surface area contributed by atoms with Crippen molar-refractivity contribution in [1.82, 2.24) is 14.7 Å². The quantitative estimate of drug-likeness (QED) is 0.367. The zero-order chi connectivity index (χ0) is 29.1. The summed E-state index contributed by atoms with van der Waals surface area (Å²) < 4.78 is -0.693. The standard InChI is InChI=1S/C33H45N3O4S/c1-4-19-34(20-5-2)30(38)27-26-17-18-33(41-26)28(27)31(39)36(25(22-37)23-13-9-7-10-14-23)29(33)32(40)35(21-6-3)24-15-11-8-12-16-24/h4,6-7,9-10,13-14,24-29,37H,1,3,5,8,11-12,15-22H2,2H3/t25-,26-,27+,28+,29?,33?/m1/s1. The Kier molecular flexibility index (Phi) is 9.29. The molecular formula is C33H45N3O4S. The lowest BCUT2D eigenvalue weighted by Crippen LogP contribution is -2.58. The highest BCUT2D eigenvalue weighted by Crippen LogP contribution is 2.67. The number of rotatable bonds is 12. The Bertz CT molecular complexity index is 1140. The molecule has 3 saturated heterocycles. The molecule has 1 N–H and O–H groups in total. The van der Waals surface area contributed by atoms with E-state index in [1.54, 1.807) is 28.8 Å². The van der Waals surface area contributed by atoms with Crippen molar-refractivity contribution in [3.05, 3.63) is 61.2 Å². The van der Waals surface area contributed by atoms with Crippen LogP contribution in [0.15, 0.2) is 55.6 Å². The number of aliphatic hydroxyl groups is 1. The Morgan fingerprint density at radius 1 is 1.10 bits per heavy atom. The second-order valence-corrected chi connectivity index (χ2v) is 13.7. The second kappa shape index (κ2) is 12.7. The van der Waals surface area contributed by atoms with E-state index in [4.69, 9.17) is 0 Å². The van der Waals surface area contributed by atoms with Crippen molar-refractivity contribution >= 4 is 29.5 Å². The van der Waals surface area contributed by atoms with Gasteiger partial charge in [0.15, 0.2) is 0 Å². The van der Waals surface area contributed by atoms with Crippen LogP contribution in [0.5, 0.6) is 0 Å². The first-order valence-corrected chi connectivity index (χ1v) is 16.3. The molecule has 1 aromatic rings. The zero-order valence-corrected chi connectivity index (χ0v) is 25.1. The van der Waals surface area contributed by atoms with Gasteiger partial charge in [0.25, 0.3) is 0 Å². The lowest BCUT2D eigenvalue weighted by atomic mass is 9.70. The number of hydrogen-bond acceptors (Lipinski definition) is 5. The third kappa shape index (κ3) is 5.16. The predicted molar refractivity (Wildman–Crippen MR) is 163 cm³/mol. The first kappa shape index (κ1) is 29.9. The second-order valence-electron chi connectivity index (χ2n) is 12.1. The smallest absolute Gasteiger partial charge is 0.247 e. The minimum atomic E-state index is -0.744. The van der Waals surface area contributed by atoms with Gasteiger partial charge in [-0.05, 0) is 37.7 Å². The van der Waals surface area contributed by atoms with Crippen LogP contribution in [0, 0.1) is 11.8 Å². The monoisotopic (exact) mass is 579 g/mol. The van der Waals surface area contributed by atoms with E-state index >= 15 is 0 Å². The molecule has 3 amide bonds. The Morgan fingerprint density at radius 3 is 2.44 bits per heavy atom. The molecule has 8 heteroatoms. The summed E-state index contributed by atoms with van der Waals surface area (Å²) in [5.41, 5.74) is 0.798. The molecule has 6 atom stereocenters. The van der Waals surface area contributed by atoms with Crippen LogP contribution in [-0.2, 0) is 14.4 Å². The van der Waals surface area contributed by atoms with Gasteiger partial charge in [-0.2, -0.15) is 0 Å². The highest BCUT2D eigenvalue weighted by Gasteiger charge is 2.74. The van der Waals surface area contributed by atoms with Gasteiger partial charge in [0.1, 0.15) is 6.04 Å². The van der Waals surface area contributed by atoms with Crippen LogP contribution >= 0.6 is 11.8 Å². The summed E-state index contributed by atoms with van der Waals surface area (Å²) in [6.07, 6.45) is 11.1. The van der Waals surface area contributed by atoms with Crippen molar-refractivity contribution < 1.29 is 19.5 Å². The molecule has 5 rings (SSSR count). The first-order valence-electron chi connectivity index (χ1n) is 15.4. The molecular weight excluding hydrogens is 534 g/mol. The van der Waals surface area contributed by atoms with E-state index in [-0.39, 0.29) is 35.6 Å². The van der Waals surface area contributed by atoms with Gasteiger partial charge >= 0.3 is 0 Å². The summed E-state index contributed by atoms with van der Waals surface area (Å²) in [4.78, 5) is 49.1. The summed E-state index contributed by atoms with van der Waals surface area (Å²) in [5, 5.41) is 10.8. The molecule has 0 aromatic heterocycles. The fourth-order valence-corrected chi connectivity index (χ4v) is 10.2. The van der Waals surface area contributed by atoms with Crippen LogP contribution in [0.25, 0.3) is 0 Å². The minimum Gasteiger partial charge on any atom is -0.394 e. The summed E-state index contributed by atoms with van der Waals surface area (Å²) in [5.74, 6) is -1.30. The highest BCUT2D eigenvalue weighted by atomic mass is 32.2. The van der Waals surface area contributed by atoms with E-state index in [0.29, 0.717) is 26.1 Å². The third-order valence-corrected chi connectivity index (χ3v) is 11.7. The summed E-state index contributed by atoms with van der Waals surface area (Å²) >= 11 is 1.70. The summed E-state index contributed by atoms with van der Waals surface area (Å²) in [6, 6.07) is 8.21. The Morgan fingerprint density at radius 2 is 1.80 bits per heavy atom. The molecule has 0 radical (unpaired) electrons. The lowest BCUT2D eigenvalue weighted by molar-refractivity contribution is -0.148. The van der Waals surface area contributed by atoms with E-state index in [9.17, 15) is 19.5 Å². The van der Waals surface area contributed by atoms with E-state index in [2.05, 4.69) is 13.2 Å². The lowest BCUT2D eigenvalue weighted by Gasteiger charge is -2.42. The summed E-state index contributed by atoms with van der Waals surface area (Å²) in [6.45, 7) is 11.0. The molecule has 7 nitrogen and oxygen atoms in total. The van der Waals surface area contributed by atoms with Crippen molar-refractivity contribution in [2.75, 3.05) is 26.2 Å². The number of carbonyl (C=O) groups is 3. The Hall–Kier alpha value is -2.58. The molecule has 3 heterocycles. The predicted octanol–water partition coefficient (Wildman–Crippen LogP) is 4.58. The van der Waals surface area contributed by atoms with Crippen LogP contribution in [0.1, 0.15) is 69.9 Å². The molecule has 1 aliphatic carbocycles. The number of benzene rings is 1. The third-order valence-electron chi connectivity index (χ3n) is 9.73. The molecule has 2 bridgehead atoms. The van der Waals surface area contributed by atoms with Crippen molar-refractivity contribution in [3.8, 4) is 0 Å². The average Bonchev–Trinajstić information content (AvgIpc) is 3.64. The van der Waals surface area contributed by atoms with E-state index in [1.807, 2.05) is 47.1 Å². The molecule has 1 saturated carbocycles. The van der Waals surface area contributed by atoms with Gasteiger partial charge in [-0.25, -0.2) is 0 Å². The fraction of sp³-hybridized carbons (Fsp3) is 0.606. The highest BCUT2D eigenvalue weighted by molar-refractivity contribution is 8.02. The number of thioether (sulfide) groups is 1. The molecule has 1 spiro atoms. The molecule has 41 heavy (non-hydrogen) atoms. The van der Waals surface area contributed by atoms with Crippen molar-refractivity contribution in [2.45, 2.75) is 86.4 Å². The summed E-state index contributed by atoms with van der Waals surface area (Å²) in [7, 11) is 0. The van der Waals surface area contributed by atoms with Gasteiger partial charge in [0.2, 0.25) is 17.7 Å². The van der Waals surface area contributed by atoms with E-state index < -0.39 is 28.7 Å². The van der Waals surface area contributed by atoms with Crippen LogP contribution in [0.3, 0.4) is 0 Å². The largest absolute Gasteiger partial charge is 0.394 e. The molecule has 4 fully saturated rings. The van der Waals surface area contributed by atoms with Crippen LogP contribution in [-0.4, -0.2) is 85.8 Å². The SMILES string of the molecule is C=CCN(CCC)C(=O)[C@@H]1[C@H]2C(=O)N([C@H](CO)c3ccccc3)C(C(=O)N(CC=C)C3CCCCC3)C23CC[C@H]1S3. The van der Waals surface area contributed by atoms with Crippen LogP contribution < -0.4 is 0 Å². The van der Waals surface area contributed by atoms with Crippen LogP contribution in [0.4, 0.5) is 0 Å². The number of fused-ring (bicyclic) bond motifs is 1. The Labute approximate surface area is 249 Å². The van der Waals surface area contributed by atoms with Crippen molar-refractivity contribution in [1.29, 1.82) is 0 Å². The average molecular weight is 580 g/mol. The van der Waals surface area contributed by atoms with Gasteiger partial charge in [-0.3, -0.25) is 14.4 Å². The minimum absolute atomic E-state index is 0.00454. The van der Waals surface area contributed by atoms with E-state index in [0.717, 1.165) is 44.1 Å². The van der Waals surface area contributed by atoms with E-state index in [1.165, 1.54) is 6.42 Å². The number of likely N-dealkylation sites (tertiary alicyclic amines) is 1. The molecule has 222 valence electrons. The van der Waals surface area contributed by atoms with Crippen molar-refractivity contribution in [3.63, 3.8) is 0 Å². The number of carbonyl (C=O) groups excluding carboxylic acids is 3. The molecule has 3 aliphatic heterocycles. The fourth-order valence-electron chi connectivity index (χ4n) is 8.05. The van der Waals surface area contributed by atoms with Gasteiger partial charge in [0.05, 0.1) is 29.2 Å². The maximum absolute atomic E-state index is 14.9. The number of amides is 3. The maximum Gasteiger partial charge on any atom is 0.247 e. The Balaban J connectivity index is 1.60. The van der Waals surface area contributed by atoms with Gasteiger partial charge < -0.3 is 19.8 Å². The van der Waals surface area contributed by atoms with Gasteiger partial charge in [-0.15, -0.1) is 24.9 Å². The van der Waals surface area contributed by atoms with Crippen molar-refractivity contribution in [2.24, 2.45) is 11.8 Å². The van der Waals surface area contributed by atoms with Gasteiger partial charge in [-0.1, -0.05) is 68.7 Å². The van der Waals surface area contributed by atoms with Crippen LogP contribution in [0.2, 0.25) is 0 Å². The molecule has 1 aromatic carbocycles. The topological polar surface area (TPSA) is 81.2 Å². The van der Waals surface area contributed by atoms with Gasteiger partial charge in [0, 0.05) is 30.9 Å². The number of nitrogens with zero attached hydrogens (tertiary/aromatic N) is 3. The maximum atomic E-state index is 14.9. The zero-order valence-electron chi connectivity index (χ0n) is 24.3. The molecule has 2 unspecified atom stereocenters.